The minimum Gasteiger partial charge on any atom is -0.316 e. The average molecular weight is 298 g/mol. The second-order valence-electron chi connectivity index (χ2n) is 6.64. The number of likely N-dealkylation sites (N-methyl/N-ethyl adjacent to an activating group) is 1. The van der Waals surface area contributed by atoms with E-state index in [4.69, 9.17) is 11.6 Å². The molecule has 1 saturated carbocycles. The molecule has 112 valence electrons. The maximum atomic E-state index is 14.0. The minimum atomic E-state index is -0.189. The fourth-order valence-electron chi connectivity index (χ4n) is 3.66. The van der Waals surface area contributed by atoms with E-state index in [1.165, 1.54) is 31.7 Å². The van der Waals surface area contributed by atoms with Crippen LogP contribution in [0.5, 0.6) is 0 Å². The third-order valence-electron chi connectivity index (χ3n) is 4.93. The van der Waals surface area contributed by atoms with E-state index in [9.17, 15) is 4.39 Å². The molecule has 0 amide bonds. The normalized spacial score (nSPS) is 23.6. The van der Waals surface area contributed by atoms with E-state index in [0.29, 0.717) is 28.3 Å². The maximum Gasteiger partial charge on any atom is 0.127 e. The second-order valence-corrected chi connectivity index (χ2v) is 7.05. The molecule has 0 aliphatic heterocycles. The van der Waals surface area contributed by atoms with Crippen molar-refractivity contribution in [3.05, 3.63) is 34.6 Å². The molecular formula is C17H25ClFN. The molecule has 0 bridgehead atoms. The molecule has 0 heterocycles. The first kappa shape index (κ1) is 15.8. The van der Waals surface area contributed by atoms with Crippen molar-refractivity contribution < 1.29 is 4.39 Å². The molecule has 1 nitrogen and oxygen atoms in total. The molecule has 1 N–H and O–H groups in total. The van der Waals surface area contributed by atoms with Crippen molar-refractivity contribution in [3.63, 3.8) is 0 Å². The van der Waals surface area contributed by atoms with Gasteiger partial charge >= 0.3 is 0 Å². The first-order valence-corrected chi connectivity index (χ1v) is 7.93. The van der Waals surface area contributed by atoms with Crippen molar-refractivity contribution in [3.8, 4) is 0 Å². The van der Waals surface area contributed by atoms with Gasteiger partial charge in [0.1, 0.15) is 5.82 Å². The minimum absolute atomic E-state index is 0.189. The molecule has 0 radical (unpaired) electrons. The molecule has 1 aliphatic rings. The fraction of sp³-hybridized carbons (Fsp3) is 0.647. The molecule has 0 saturated heterocycles. The third-order valence-corrected chi connectivity index (χ3v) is 5.29. The molecule has 2 atom stereocenters. The van der Waals surface area contributed by atoms with E-state index >= 15 is 0 Å². The molecule has 2 rings (SSSR count). The Labute approximate surface area is 126 Å². The highest BCUT2D eigenvalue weighted by molar-refractivity contribution is 6.31. The predicted molar refractivity (Wildman–Crippen MR) is 83.7 cm³/mol. The quantitative estimate of drug-likeness (QED) is 0.839. The van der Waals surface area contributed by atoms with Crippen molar-refractivity contribution in [2.24, 2.45) is 11.3 Å². The second kappa shape index (κ2) is 6.44. The van der Waals surface area contributed by atoms with Gasteiger partial charge < -0.3 is 5.32 Å². The van der Waals surface area contributed by atoms with Gasteiger partial charge in [-0.05, 0) is 49.8 Å². The van der Waals surface area contributed by atoms with Crippen LogP contribution < -0.4 is 5.32 Å². The van der Waals surface area contributed by atoms with Crippen LogP contribution in [0.2, 0.25) is 5.02 Å². The van der Waals surface area contributed by atoms with Gasteiger partial charge in [-0.2, -0.15) is 0 Å². The van der Waals surface area contributed by atoms with Crippen LogP contribution in [-0.4, -0.2) is 13.1 Å². The van der Waals surface area contributed by atoms with Crippen LogP contribution in [-0.2, 0) is 6.42 Å². The largest absolute Gasteiger partial charge is 0.316 e. The van der Waals surface area contributed by atoms with Crippen molar-refractivity contribution in [2.45, 2.75) is 52.0 Å². The zero-order valence-corrected chi connectivity index (χ0v) is 13.4. The van der Waals surface area contributed by atoms with Crippen molar-refractivity contribution in [2.75, 3.05) is 7.05 Å². The predicted octanol–water partition coefficient (Wildman–Crippen LogP) is 4.83. The van der Waals surface area contributed by atoms with Crippen LogP contribution in [0.3, 0.4) is 0 Å². The van der Waals surface area contributed by atoms with Gasteiger partial charge in [-0.25, -0.2) is 4.39 Å². The zero-order chi connectivity index (χ0) is 14.8. The Balaban J connectivity index is 2.20. The van der Waals surface area contributed by atoms with Gasteiger partial charge in [0.15, 0.2) is 0 Å². The topological polar surface area (TPSA) is 12.0 Å². The van der Waals surface area contributed by atoms with Crippen molar-refractivity contribution in [1.29, 1.82) is 0 Å². The summed E-state index contributed by atoms with van der Waals surface area (Å²) in [5.41, 5.74) is 0.957. The number of hydrogen-bond acceptors (Lipinski definition) is 1. The monoisotopic (exact) mass is 297 g/mol. The number of benzene rings is 1. The number of rotatable bonds is 4. The summed E-state index contributed by atoms with van der Waals surface area (Å²) in [4.78, 5) is 0. The van der Waals surface area contributed by atoms with Gasteiger partial charge in [-0.15, -0.1) is 0 Å². The van der Waals surface area contributed by atoms with Crippen LogP contribution in [0.15, 0.2) is 18.2 Å². The van der Waals surface area contributed by atoms with Crippen LogP contribution in [0.25, 0.3) is 0 Å². The lowest BCUT2D eigenvalue weighted by Gasteiger charge is -2.43. The lowest BCUT2D eigenvalue weighted by molar-refractivity contribution is 0.101. The third kappa shape index (κ3) is 3.35. The molecule has 1 fully saturated rings. The van der Waals surface area contributed by atoms with Gasteiger partial charge in [-0.3, -0.25) is 0 Å². The summed E-state index contributed by atoms with van der Waals surface area (Å²) in [6.45, 7) is 4.67. The smallest absolute Gasteiger partial charge is 0.127 e. The van der Waals surface area contributed by atoms with Gasteiger partial charge in [0.2, 0.25) is 0 Å². The Morgan fingerprint density at radius 3 is 2.75 bits per heavy atom. The number of nitrogens with one attached hydrogen (secondary N) is 1. The van der Waals surface area contributed by atoms with E-state index in [2.05, 4.69) is 19.2 Å². The van der Waals surface area contributed by atoms with E-state index in [1.807, 2.05) is 7.05 Å². The Kier molecular flexibility index (Phi) is 5.09. The molecule has 20 heavy (non-hydrogen) atoms. The summed E-state index contributed by atoms with van der Waals surface area (Å²) >= 11 is 6.17. The SMILES string of the molecule is CNC(Cc1c(F)cccc1Cl)C1CCCCC1(C)C. The summed E-state index contributed by atoms with van der Waals surface area (Å²) in [6.07, 6.45) is 5.71. The highest BCUT2D eigenvalue weighted by atomic mass is 35.5. The van der Waals surface area contributed by atoms with E-state index in [-0.39, 0.29) is 11.9 Å². The van der Waals surface area contributed by atoms with Gasteiger partial charge in [0.25, 0.3) is 0 Å². The van der Waals surface area contributed by atoms with Crippen LogP contribution in [0, 0.1) is 17.2 Å². The van der Waals surface area contributed by atoms with Gasteiger partial charge in [-0.1, -0.05) is 44.4 Å². The Morgan fingerprint density at radius 1 is 1.40 bits per heavy atom. The first-order chi connectivity index (χ1) is 9.45. The van der Waals surface area contributed by atoms with Crippen LogP contribution >= 0.6 is 11.6 Å². The summed E-state index contributed by atoms with van der Waals surface area (Å²) in [7, 11) is 1.98. The molecule has 0 aromatic heterocycles. The number of halogens is 2. The molecule has 3 heteroatoms. The molecule has 0 spiro atoms. The Hall–Kier alpha value is -0.600. The van der Waals surface area contributed by atoms with E-state index < -0.39 is 0 Å². The van der Waals surface area contributed by atoms with E-state index in [0.717, 1.165) is 0 Å². The summed E-state index contributed by atoms with van der Waals surface area (Å²) in [6, 6.07) is 5.22. The molecule has 2 unspecified atom stereocenters. The Bertz CT molecular complexity index is 438. The summed E-state index contributed by atoms with van der Waals surface area (Å²) in [5.74, 6) is 0.378. The lowest BCUT2D eigenvalue weighted by atomic mass is 9.65. The van der Waals surface area contributed by atoms with Crippen LogP contribution in [0.4, 0.5) is 4.39 Å². The fourth-order valence-corrected chi connectivity index (χ4v) is 3.90. The maximum absolute atomic E-state index is 14.0. The van der Waals surface area contributed by atoms with Crippen LogP contribution in [0.1, 0.15) is 45.1 Å². The summed E-state index contributed by atoms with van der Waals surface area (Å²) in [5, 5.41) is 3.95. The Morgan fingerprint density at radius 2 is 2.15 bits per heavy atom. The lowest BCUT2D eigenvalue weighted by Crippen LogP contribution is -2.44. The number of hydrogen-bond donors (Lipinski definition) is 1. The van der Waals surface area contributed by atoms with Crippen molar-refractivity contribution >= 4 is 11.6 Å². The molecular weight excluding hydrogens is 273 g/mol. The van der Waals surface area contributed by atoms with E-state index in [1.54, 1.807) is 12.1 Å². The molecule has 1 aromatic rings. The average Bonchev–Trinajstić information content (AvgIpc) is 2.39. The molecule has 1 aliphatic carbocycles. The van der Waals surface area contributed by atoms with Gasteiger partial charge in [0, 0.05) is 16.6 Å². The van der Waals surface area contributed by atoms with Gasteiger partial charge in [0.05, 0.1) is 0 Å². The van der Waals surface area contributed by atoms with Crippen molar-refractivity contribution in [1.82, 2.24) is 5.32 Å². The zero-order valence-electron chi connectivity index (χ0n) is 12.7. The molecule has 1 aromatic carbocycles. The highest BCUT2D eigenvalue weighted by Crippen LogP contribution is 2.43. The first-order valence-electron chi connectivity index (χ1n) is 7.56. The summed E-state index contributed by atoms with van der Waals surface area (Å²) < 4.78 is 14.0. The highest BCUT2D eigenvalue weighted by Gasteiger charge is 2.37. The standard InChI is InChI=1S/C17H25ClFN/c1-17(2)10-5-4-7-13(17)16(20-3)11-12-14(18)8-6-9-15(12)19/h6,8-9,13,16,20H,4-5,7,10-11H2,1-3H3.